The lowest BCUT2D eigenvalue weighted by Gasteiger charge is -2.42. The molecule has 0 spiro atoms. The molecule has 1 fully saturated rings. The van der Waals surface area contributed by atoms with Gasteiger partial charge in [0.1, 0.15) is 12.4 Å². The Kier molecular flexibility index (Phi) is 6.67. The maximum Gasteiger partial charge on any atom is 0.168 e. The molecule has 1 saturated heterocycles. The van der Waals surface area contributed by atoms with E-state index < -0.39 is 0 Å². The summed E-state index contributed by atoms with van der Waals surface area (Å²) in [5, 5.41) is 9.56. The Labute approximate surface area is 177 Å². The van der Waals surface area contributed by atoms with Gasteiger partial charge < -0.3 is 14.6 Å². The van der Waals surface area contributed by atoms with E-state index in [9.17, 15) is 9.50 Å². The highest BCUT2D eigenvalue weighted by Gasteiger charge is 2.28. The lowest BCUT2D eigenvalue weighted by molar-refractivity contribution is 0.0566. The molecule has 0 bridgehead atoms. The van der Waals surface area contributed by atoms with Crippen LogP contribution < -0.4 is 9.47 Å². The second kappa shape index (κ2) is 9.60. The third-order valence-corrected chi connectivity index (χ3v) is 5.90. The van der Waals surface area contributed by atoms with Crippen molar-refractivity contribution in [1.29, 1.82) is 0 Å². The van der Waals surface area contributed by atoms with Gasteiger partial charge in [-0.25, -0.2) is 4.39 Å². The average Bonchev–Trinajstić information content (AvgIpc) is 2.76. The number of aliphatic hydroxyl groups excluding tert-OH is 1. The normalized spacial score (nSPS) is 19.7. The molecule has 0 unspecified atom stereocenters. The van der Waals surface area contributed by atoms with Crippen LogP contribution in [0.2, 0.25) is 0 Å². The predicted molar refractivity (Wildman–Crippen MR) is 115 cm³/mol. The zero-order valence-electron chi connectivity index (χ0n) is 17.4. The SMILES string of the molecule is COc1cccc2c1OCC(CN1CCN(Cc3ccccc3F)[C@H](CCO)C1)=C2. The summed E-state index contributed by atoms with van der Waals surface area (Å²) in [5.74, 6) is 1.39. The number of piperazine rings is 1. The first-order chi connectivity index (χ1) is 14.7. The fourth-order valence-electron chi connectivity index (χ4n) is 4.34. The average molecular weight is 413 g/mol. The van der Waals surface area contributed by atoms with E-state index in [2.05, 4.69) is 15.9 Å². The molecule has 2 heterocycles. The molecule has 30 heavy (non-hydrogen) atoms. The fourth-order valence-corrected chi connectivity index (χ4v) is 4.34. The van der Waals surface area contributed by atoms with Crippen molar-refractivity contribution in [3.05, 3.63) is 65.0 Å². The zero-order valence-corrected chi connectivity index (χ0v) is 17.4. The quantitative estimate of drug-likeness (QED) is 0.757. The van der Waals surface area contributed by atoms with Gasteiger partial charge in [-0.05, 0) is 30.2 Å². The van der Waals surface area contributed by atoms with Gasteiger partial charge in [-0.1, -0.05) is 30.3 Å². The van der Waals surface area contributed by atoms with Gasteiger partial charge in [-0.2, -0.15) is 0 Å². The summed E-state index contributed by atoms with van der Waals surface area (Å²) in [7, 11) is 1.65. The minimum absolute atomic E-state index is 0.130. The highest BCUT2D eigenvalue weighted by Crippen LogP contribution is 2.35. The summed E-state index contributed by atoms with van der Waals surface area (Å²) < 4.78 is 25.5. The van der Waals surface area contributed by atoms with Crippen LogP contribution in [0, 0.1) is 5.82 Å². The number of fused-ring (bicyclic) bond motifs is 1. The third kappa shape index (κ3) is 4.67. The maximum absolute atomic E-state index is 14.1. The second-order valence-electron chi connectivity index (χ2n) is 7.93. The molecule has 0 saturated carbocycles. The van der Waals surface area contributed by atoms with E-state index in [1.165, 1.54) is 11.6 Å². The second-order valence-corrected chi connectivity index (χ2v) is 7.93. The van der Waals surface area contributed by atoms with Gasteiger partial charge in [0.15, 0.2) is 11.5 Å². The zero-order chi connectivity index (χ0) is 20.9. The number of methoxy groups -OCH3 is 1. The molecule has 6 heteroatoms. The van der Waals surface area contributed by atoms with Gasteiger partial charge in [0.2, 0.25) is 0 Å². The van der Waals surface area contributed by atoms with Crippen molar-refractivity contribution in [3.8, 4) is 11.5 Å². The van der Waals surface area contributed by atoms with E-state index in [-0.39, 0.29) is 18.5 Å². The Morgan fingerprint density at radius 2 is 2.00 bits per heavy atom. The van der Waals surface area contributed by atoms with Crippen LogP contribution in [0.25, 0.3) is 6.08 Å². The molecule has 4 rings (SSSR count). The Morgan fingerprint density at radius 1 is 1.13 bits per heavy atom. The lowest BCUT2D eigenvalue weighted by atomic mass is 10.0. The number of hydrogen-bond donors (Lipinski definition) is 1. The van der Waals surface area contributed by atoms with E-state index >= 15 is 0 Å². The predicted octanol–water partition coefficient (Wildman–Crippen LogP) is 3.18. The molecule has 160 valence electrons. The van der Waals surface area contributed by atoms with Crippen LogP contribution in [-0.4, -0.2) is 67.5 Å². The summed E-state index contributed by atoms with van der Waals surface area (Å²) >= 11 is 0. The molecule has 0 amide bonds. The van der Waals surface area contributed by atoms with Crippen molar-refractivity contribution in [2.45, 2.75) is 19.0 Å². The van der Waals surface area contributed by atoms with E-state index in [1.807, 2.05) is 30.3 Å². The Morgan fingerprint density at radius 3 is 2.80 bits per heavy atom. The lowest BCUT2D eigenvalue weighted by Crippen LogP contribution is -2.53. The van der Waals surface area contributed by atoms with Gasteiger partial charge in [-0.3, -0.25) is 9.80 Å². The van der Waals surface area contributed by atoms with Crippen molar-refractivity contribution < 1.29 is 19.0 Å². The number of ether oxygens (including phenoxy) is 2. The number of para-hydroxylation sites is 1. The number of hydrogen-bond acceptors (Lipinski definition) is 5. The standard InChI is InChI=1S/C24H29FN2O3/c1-29-23-8-4-6-19-13-18(17-30-24(19)23)14-26-10-11-27(21(16-26)9-12-28)15-20-5-2-3-7-22(20)25/h2-8,13,21,28H,9-12,14-17H2,1H3/t21-/m1/s1. The molecule has 2 aliphatic heterocycles. The topological polar surface area (TPSA) is 45.2 Å². The highest BCUT2D eigenvalue weighted by molar-refractivity contribution is 5.66. The van der Waals surface area contributed by atoms with E-state index in [1.54, 1.807) is 13.2 Å². The number of rotatable bonds is 7. The van der Waals surface area contributed by atoms with Crippen molar-refractivity contribution in [2.24, 2.45) is 0 Å². The maximum atomic E-state index is 14.1. The Hall–Kier alpha value is -2.41. The van der Waals surface area contributed by atoms with Gasteiger partial charge >= 0.3 is 0 Å². The van der Waals surface area contributed by atoms with Crippen LogP contribution in [0.4, 0.5) is 4.39 Å². The number of aliphatic hydroxyl groups is 1. The minimum atomic E-state index is -0.165. The van der Waals surface area contributed by atoms with Crippen molar-refractivity contribution in [1.82, 2.24) is 9.80 Å². The minimum Gasteiger partial charge on any atom is -0.493 e. The summed E-state index contributed by atoms with van der Waals surface area (Å²) in [6, 6.07) is 13.1. The molecule has 2 aliphatic rings. The molecule has 0 aliphatic carbocycles. The largest absolute Gasteiger partial charge is 0.493 e. The first-order valence-corrected chi connectivity index (χ1v) is 10.5. The summed E-state index contributed by atoms with van der Waals surface area (Å²) in [5.41, 5.74) is 2.98. The molecule has 1 N–H and O–H groups in total. The highest BCUT2D eigenvalue weighted by atomic mass is 19.1. The van der Waals surface area contributed by atoms with E-state index in [0.29, 0.717) is 25.1 Å². The van der Waals surface area contributed by atoms with E-state index in [0.717, 1.165) is 43.2 Å². The number of benzene rings is 2. The molecule has 2 aromatic carbocycles. The molecule has 5 nitrogen and oxygen atoms in total. The fraction of sp³-hybridized carbons (Fsp3) is 0.417. The monoisotopic (exact) mass is 412 g/mol. The third-order valence-electron chi connectivity index (χ3n) is 5.90. The van der Waals surface area contributed by atoms with Crippen LogP contribution in [0.5, 0.6) is 11.5 Å². The summed E-state index contributed by atoms with van der Waals surface area (Å²) in [6.45, 7) is 4.67. The molecule has 0 aromatic heterocycles. The molecule has 2 aromatic rings. The van der Waals surface area contributed by atoms with Crippen LogP contribution in [0.1, 0.15) is 17.5 Å². The van der Waals surface area contributed by atoms with Crippen molar-refractivity contribution in [3.63, 3.8) is 0 Å². The van der Waals surface area contributed by atoms with Crippen molar-refractivity contribution in [2.75, 3.05) is 46.5 Å². The number of nitrogens with zero attached hydrogens (tertiary/aromatic N) is 2. The first kappa shape index (κ1) is 20.8. The first-order valence-electron chi connectivity index (χ1n) is 10.5. The Balaban J connectivity index is 1.42. The van der Waals surface area contributed by atoms with Crippen LogP contribution in [0.15, 0.2) is 48.0 Å². The molecular formula is C24H29FN2O3. The summed E-state index contributed by atoms with van der Waals surface area (Å²) in [6.07, 6.45) is 2.87. The summed E-state index contributed by atoms with van der Waals surface area (Å²) in [4.78, 5) is 4.69. The Bertz CT molecular complexity index is 902. The molecule has 0 radical (unpaired) electrons. The van der Waals surface area contributed by atoms with Gasteiger partial charge in [0.05, 0.1) is 7.11 Å². The molecular weight excluding hydrogens is 383 g/mol. The smallest absolute Gasteiger partial charge is 0.168 e. The van der Waals surface area contributed by atoms with Crippen LogP contribution >= 0.6 is 0 Å². The van der Waals surface area contributed by atoms with Crippen LogP contribution in [-0.2, 0) is 6.54 Å². The van der Waals surface area contributed by atoms with Gasteiger partial charge in [0.25, 0.3) is 0 Å². The molecule has 1 atom stereocenters. The van der Waals surface area contributed by atoms with E-state index in [4.69, 9.17) is 9.47 Å². The van der Waals surface area contributed by atoms with Gasteiger partial charge in [-0.15, -0.1) is 0 Å². The van der Waals surface area contributed by atoms with Crippen LogP contribution in [0.3, 0.4) is 0 Å². The van der Waals surface area contributed by atoms with Gasteiger partial charge in [0, 0.05) is 56.5 Å². The number of halogens is 1. The van der Waals surface area contributed by atoms with Crippen molar-refractivity contribution >= 4 is 6.08 Å².